The number of aliphatic hydroxyl groups excluding tert-OH is 1. The van der Waals surface area contributed by atoms with Gasteiger partial charge < -0.3 is 5.11 Å². The molecule has 1 N–H and O–H groups in total. The van der Waals surface area contributed by atoms with Crippen molar-refractivity contribution in [3.05, 3.63) is 59.7 Å². The second kappa shape index (κ2) is 9.09. The molecule has 0 unspecified atom stereocenters. The van der Waals surface area contributed by atoms with Crippen LogP contribution in [0.1, 0.15) is 36.8 Å². The van der Waals surface area contributed by atoms with Crippen LogP contribution >= 0.6 is 0 Å². The van der Waals surface area contributed by atoms with Gasteiger partial charge in [-0.25, -0.2) is 12.7 Å². The van der Waals surface area contributed by atoms with E-state index in [0.717, 1.165) is 36.1 Å². The maximum Gasteiger partial charge on any atom is 0.213 e. The van der Waals surface area contributed by atoms with Gasteiger partial charge in [0.1, 0.15) is 0 Å². The quantitative estimate of drug-likeness (QED) is 0.774. The van der Waals surface area contributed by atoms with Gasteiger partial charge >= 0.3 is 0 Å². The summed E-state index contributed by atoms with van der Waals surface area (Å²) in [7, 11) is -3.24. The zero-order valence-corrected chi connectivity index (χ0v) is 18.6. The summed E-state index contributed by atoms with van der Waals surface area (Å²) < 4.78 is 26.8. The molecule has 0 radical (unpaired) electrons. The van der Waals surface area contributed by atoms with Crippen LogP contribution < -0.4 is 0 Å². The average Bonchev–Trinajstić information content (AvgIpc) is 2.78. The van der Waals surface area contributed by atoms with E-state index < -0.39 is 10.0 Å². The molecule has 0 aliphatic carbocycles. The van der Waals surface area contributed by atoms with Gasteiger partial charge in [0.2, 0.25) is 10.0 Å². The lowest BCUT2D eigenvalue weighted by Crippen LogP contribution is -2.67. The van der Waals surface area contributed by atoms with E-state index in [-0.39, 0.29) is 30.4 Å². The number of hydrogen-bond donors (Lipinski definition) is 1. The molecule has 4 rings (SSSR count). The molecule has 164 valence electrons. The number of sulfonamides is 1. The lowest BCUT2D eigenvalue weighted by molar-refractivity contribution is -0.0553. The zero-order chi connectivity index (χ0) is 22.0. The van der Waals surface area contributed by atoms with E-state index in [1.54, 1.807) is 11.2 Å². The maximum absolute atomic E-state index is 12.6. The molecular formula is C24H29N3O3S. The summed E-state index contributed by atoms with van der Waals surface area (Å²) >= 11 is 0. The van der Waals surface area contributed by atoms with E-state index in [2.05, 4.69) is 35.2 Å². The van der Waals surface area contributed by atoms with Crippen molar-refractivity contribution in [3.63, 3.8) is 0 Å². The van der Waals surface area contributed by atoms with Crippen LogP contribution in [0, 0.1) is 11.3 Å². The van der Waals surface area contributed by atoms with E-state index in [1.165, 1.54) is 0 Å². The maximum atomic E-state index is 12.6. The van der Waals surface area contributed by atoms with Crippen LogP contribution in [0.15, 0.2) is 48.5 Å². The summed E-state index contributed by atoms with van der Waals surface area (Å²) in [6.45, 7) is 3.72. The molecule has 0 aromatic heterocycles. The van der Waals surface area contributed by atoms with Gasteiger partial charge in [-0.1, -0.05) is 36.4 Å². The highest BCUT2D eigenvalue weighted by Crippen LogP contribution is 2.42. The normalized spacial score (nSPS) is 25.0. The van der Waals surface area contributed by atoms with Gasteiger partial charge in [0, 0.05) is 31.1 Å². The smallest absolute Gasteiger partial charge is 0.213 e. The fourth-order valence-electron chi connectivity index (χ4n) is 4.98. The van der Waals surface area contributed by atoms with Gasteiger partial charge in [0.25, 0.3) is 0 Å². The second-order valence-electron chi connectivity index (χ2n) is 8.36. The summed E-state index contributed by atoms with van der Waals surface area (Å²) in [5.41, 5.74) is 3.88. The Morgan fingerprint density at radius 1 is 1.03 bits per heavy atom. The van der Waals surface area contributed by atoms with Crippen LogP contribution in [0.3, 0.4) is 0 Å². The number of nitrogens with zero attached hydrogens (tertiary/aromatic N) is 3. The van der Waals surface area contributed by atoms with Gasteiger partial charge in [-0.05, 0) is 55.1 Å². The van der Waals surface area contributed by atoms with E-state index >= 15 is 0 Å². The molecule has 2 aromatic rings. The molecule has 2 aromatic carbocycles. The lowest BCUT2D eigenvalue weighted by Gasteiger charge is -2.57. The van der Waals surface area contributed by atoms with Crippen LogP contribution in [0.5, 0.6) is 0 Å². The van der Waals surface area contributed by atoms with Gasteiger partial charge in [-0.3, -0.25) is 4.90 Å². The Morgan fingerprint density at radius 3 is 2.23 bits per heavy atom. The van der Waals surface area contributed by atoms with Crippen molar-refractivity contribution in [2.75, 3.05) is 32.0 Å². The number of rotatable bonds is 5. The molecule has 2 aliphatic heterocycles. The molecule has 6 nitrogen and oxygen atoms in total. The molecule has 0 bridgehead atoms. The molecule has 0 spiro atoms. The average molecular weight is 440 g/mol. The molecule has 3 atom stereocenters. The van der Waals surface area contributed by atoms with Crippen molar-refractivity contribution in [2.24, 2.45) is 0 Å². The van der Waals surface area contributed by atoms with Crippen molar-refractivity contribution < 1.29 is 13.5 Å². The highest BCUT2D eigenvalue weighted by Gasteiger charge is 2.49. The zero-order valence-electron chi connectivity index (χ0n) is 17.8. The van der Waals surface area contributed by atoms with Crippen LogP contribution in [0.4, 0.5) is 0 Å². The number of benzene rings is 2. The van der Waals surface area contributed by atoms with Crippen molar-refractivity contribution in [3.8, 4) is 17.2 Å². The van der Waals surface area contributed by atoms with E-state index in [1.807, 2.05) is 24.3 Å². The minimum absolute atomic E-state index is 0.0232. The second-order valence-corrected chi connectivity index (χ2v) is 10.6. The Bertz CT molecular complexity index is 1040. The lowest BCUT2D eigenvalue weighted by atomic mass is 9.74. The first-order valence-corrected chi connectivity index (χ1v) is 12.5. The first-order chi connectivity index (χ1) is 15.0. The largest absolute Gasteiger partial charge is 0.395 e. The third-order valence-corrected chi connectivity index (χ3v) is 8.58. The molecule has 7 heteroatoms. The molecule has 0 amide bonds. The first-order valence-electron chi connectivity index (χ1n) is 10.9. The Kier molecular flexibility index (Phi) is 6.44. The van der Waals surface area contributed by atoms with Gasteiger partial charge in [-0.2, -0.15) is 5.26 Å². The van der Waals surface area contributed by atoms with Crippen molar-refractivity contribution in [1.82, 2.24) is 9.21 Å². The molecule has 0 saturated carbocycles. The Labute approximate surface area is 184 Å². The van der Waals surface area contributed by atoms with Crippen molar-refractivity contribution >= 4 is 10.0 Å². The van der Waals surface area contributed by atoms with Crippen molar-refractivity contribution in [1.29, 1.82) is 5.26 Å². The fourth-order valence-corrected chi connectivity index (χ4v) is 6.13. The van der Waals surface area contributed by atoms with E-state index in [0.29, 0.717) is 18.7 Å². The van der Waals surface area contributed by atoms with Crippen molar-refractivity contribution in [2.45, 2.75) is 37.8 Å². The summed E-state index contributed by atoms with van der Waals surface area (Å²) in [6.07, 6.45) is 1.79. The molecule has 2 saturated heterocycles. The van der Waals surface area contributed by atoms with E-state index in [4.69, 9.17) is 5.26 Å². The predicted molar refractivity (Wildman–Crippen MR) is 121 cm³/mol. The third-order valence-electron chi connectivity index (χ3n) is 6.73. The van der Waals surface area contributed by atoms with Crippen LogP contribution in [-0.4, -0.2) is 66.8 Å². The minimum atomic E-state index is -3.24. The predicted octanol–water partition coefficient (Wildman–Crippen LogP) is 2.80. The molecule has 2 aliphatic rings. The van der Waals surface area contributed by atoms with Crippen LogP contribution in [-0.2, 0) is 10.0 Å². The summed E-state index contributed by atoms with van der Waals surface area (Å²) in [6, 6.07) is 18.1. The van der Waals surface area contributed by atoms with Crippen LogP contribution in [0.2, 0.25) is 0 Å². The number of nitriles is 1. The number of aliphatic hydroxyl groups is 1. The third kappa shape index (κ3) is 4.26. The van der Waals surface area contributed by atoms with Gasteiger partial charge in [-0.15, -0.1) is 0 Å². The number of hydrogen-bond acceptors (Lipinski definition) is 5. The molecular weight excluding hydrogens is 410 g/mol. The summed E-state index contributed by atoms with van der Waals surface area (Å²) in [5, 5.41) is 19.1. The standard InChI is InChI=1S/C24H29N3O3S/c1-2-31(29,30)26-13-3-4-14-27-22(16-26)24(23(27)17-28)21-11-9-20(10-12-21)19-7-5-18(15-25)6-8-19/h5-12,22-24,28H,2-4,13-14,16-17H2,1H3/t22-,23+,24-/m1/s1. The van der Waals surface area contributed by atoms with Gasteiger partial charge in [0.15, 0.2) is 0 Å². The fraction of sp³-hybridized carbons (Fsp3) is 0.458. The summed E-state index contributed by atoms with van der Waals surface area (Å²) in [5.74, 6) is 0.222. The Balaban J connectivity index is 1.58. The SMILES string of the molecule is CCS(=O)(=O)N1CCCCN2[C@H](C1)[C@@H](c1ccc(-c3ccc(C#N)cc3)cc1)[C@@H]2CO. The van der Waals surface area contributed by atoms with Gasteiger partial charge in [0.05, 0.1) is 24.0 Å². The minimum Gasteiger partial charge on any atom is -0.395 e. The molecule has 2 fully saturated rings. The van der Waals surface area contributed by atoms with E-state index in [9.17, 15) is 13.5 Å². The Hall–Kier alpha value is -2.24. The highest BCUT2D eigenvalue weighted by molar-refractivity contribution is 7.89. The monoisotopic (exact) mass is 439 g/mol. The topological polar surface area (TPSA) is 84.6 Å². The molecule has 2 heterocycles. The highest BCUT2D eigenvalue weighted by atomic mass is 32.2. The summed E-state index contributed by atoms with van der Waals surface area (Å²) in [4.78, 5) is 2.29. The molecule has 31 heavy (non-hydrogen) atoms. The first kappa shape index (κ1) is 22.0. The Morgan fingerprint density at radius 2 is 1.65 bits per heavy atom. The van der Waals surface area contributed by atoms with Crippen LogP contribution in [0.25, 0.3) is 11.1 Å². The number of fused-ring (bicyclic) bond motifs is 1.